The minimum Gasteiger partial charge on any atom is -0.483 e. The molecule has 0 aliphatic heterocycles. The Hall–Kier alpha value is -1.12. The molecule has 58 valence electrons. The van der Waals surface area contributed by atoms with Gasteiger partial charge in [0.25, 0.3) is 0 Å². The summed E-state index contributed by atoms with van der Waals surface area (Å²) in [5, 5.41) is 2.87. The van der Waals surface area contributed by atoms with Gasteiger partial charge in [-0.05, 0) is 6.58 Å². The molecule has 10 heavy (non-hydrogen) atoms. The van der Waals surface area contributed by atoms with Crippen LogP contribution in [0, 0.1) is 0 Å². The highest BCUT2D eigenvalue weighted by Gasteiger charge is 2.01. The Labute approximate surface area is 62.0 Å². The summed E-state index contributed by atoms with van der Waals surface area (Å²) in [6.07, 6.45) is 0. The summed E-state index contributed by atoms with van der Waals surface area (Å²) in [6.45, 7) is 7.36. The molecule has 0 aromatic rings. The van der Waals surface area contributed by atoms with Gasteiger partial charge in [0.05, 0.1) is 7.11 Å². The van der Waals surface area contributed by atoms with Crippen molar-refractivity contribution in [1.82, 2.24) is 10.2 Å². The van der Waals surface area contributed by atoms with Crippen LogP contribution in [-0.2, 0) is 4.74 Å². The van der Waals surface area contributed by atoms with Gasteiger partial charge in [-0.3, -0.25) is 0 Å². The van der Waals surface area contributed by atoms with Crippen LogP contribution in [0.3, 0.4) is 0 Å². The lowest BCUT2D eigenvalue weighted by molar-refractivity contribution is 0.196. The Kier molecular flexibility index (Phi) is 3.39. The van der Waals surface area contributed by atoms with E-state index in [2.05, 4.69) is 18.5 Å². The maximum atomic E-state index is 4.87. The third-order valence-electron chi connectivity index (χ3n) is 1.30. The standard InChI is InChI=1S/C7H14N2O/c1-6(8-3)9(4)7(2)10-5/h8H,1-2H2,3-5H3. The number of hydrogen-bond acceptors (Lipinski definition) is 3. The van der Waals surface area contributed by atoms with Crippen molar-refractivity contribution in [2.75, 3.05) is 21.2 Å². The largest absolute Gasteiger partial charge is 0.483 e. The first kappa shape index (κ1) is 8.88. The molecule has 0 radical (unpaired) electrons. The lowest BCUT2D eigenvalue weighted by Crippen LogP contribution is -2.24. The lowest BCUT2D eigenvalue weighted by atomic mass is 10.6. The highest BCUT2D eigenvalue weighted by Crippen LogP contribution is 2.02. The van der Waals surface area contributed by atoms with Crippen LogP contribution in [0.5, 0.6) is 0 Å². The molecule has 0 amide bonds. The van der Waals surface area contributed by atoms with Crippen molar-refractivity contribution in [1.29, 1.82) is 0 Å². The summed E-state index contributed by atoms with van der Waals surface area (Å²) in [5.74, 6) is 1.33. The van der Waals surface area contributed by atoms with Crippen LogP contribution in [-0.4, -0.2) is 26.1 Å². The summed E-state index contributed by atoms with van der Waals surface area (Å²) in [5.41, 5.74) is 0. The molecule has 0 aliphatic carbocycles. The Morgan fingerprint density at radius 1 is 1.50 bits per heavy atom. The molecule has 3 nitrogen and oxygen atoms in total. The molecular weight excluding hydrogens is 128 g/mol. The molecule has 0 unspecified atom stereocenters. The van der Waals surface area contributed by atoms with Gasteiger partial charge >= 0.3 is 0 Å². The first-order valence-corrected chi connectivity index (χ1v) is 2.96. The third-order valence-corrected chi connectivity index (χ3v) is 1.30. The van der Waals surface area contributed by atoms with E-state index in [0.29, 0.717) is 5.88 Å². The van der Waals surface area contributed by atoms with Crippen LogP contribution in [0.4, 0.5) is 0 Å². The predicted molar refractivity (Wildman–Crippen MR) is 42.1 cm³/mol. The van der Waals surface area contributed by atoms with Crippen LogP contribution in [0.15, 0.2) is 24.9 Å². The van der Waals surface area contributed by atoms with E-state index in [1.165, 1.54) is 0 Å². The smallest absolute Gasteiger partial charge is 0.186 e. The number of methoxy groups -OCH3 is 1. The lowest BCUT2D eigenvalue weighted by Gasteiger charge is -2.21. The van der Waals surface area contributed by atoms with Gasteiger partial charge in [-0.2, -0.15) is 0 Å². The fraction of sp³-hybridized carbons (Fsp3) is 0.429. The summed E-state index contributed by atoms with van der Waals surface area (Å²) in [7, 11) is 5.19. The van der Waals surface area contributed by atoms with E-state index >= 15 is 0 Å². The van der Waals surface area contributed by atoms with Gasteiger partial charge < -0.3 is 15.0 Å². The second-order valence-electron chi connectivity index (χ2n) is 1.85. The molecule has 0 bridgehead atoms. The van der Waals surface area contributed by atoms with E-state index in [9.17, 15) is 0 Å². The molecule has 0 aliphatic rings. The first-order valence-electron chi connectivity index (χ1n) is 2.96. The van der Waals surface area contributed by atoms with E-state index in [-0.39, 0.29) is 0 Å². The summed E-state index contributed by atoms with van der Waals surface area (Å²) >= 11 is 0. The van der Waals surface area contributed by atoms with Gasteiger partial charge in [0, 0.05) is 14.1 Å². The minimum atomic E-state index is 0.569. The average molecular weight is 142 g/mol. The normalized spacial score (nSPS) is 8.30. The van der Waals surface area contributed by atoms with Gasteiger partial charge in [-0.15, -0.1) is 0 Å². The number of nitrogens with one attached hydrogen (secondary N) is 1. The Morgan fingerprint density at radius 2 is 2.00 bits per heavy atom. The molecular formula is C7H14N2O. The minimum absolute atomic E-state index is 0.569. The predicted octanol–water partition coefficient (Wildman–Crippen LogP) is 0.726. The van der Waals surface area contributed by atoms with E-state index < -0.39 is 0 Å². The van der Waals surface area contributed by atoms with E-state index in [1.54, 1.807) is 19.1 Å². The van der Waals surface area contributed by atoms with Gasteiger partial charge in [0.15, 0.2) is 5.88 Å². The molecule has 0 saturated heterocycles. The number of hydrogen-bond donors (Lipinski definition) is 1. The van der Waals surface area contributed by atoms with Crippen molar-refractivity contribution in [2.24, 2.45) is 0 Å². The average Bonchev–Trinajstić information content (AvgIpc) is 2.00. The molecule has 3 heteroatoms. The Balaban J connectivity index is 3.94. The molecule has 0 heterocycles. The van der Waals surface area contributed by atoms with Crippen LogP contribution in [0.25, 0.3) is 0 Å². The number of rotatable bonds is 4. The van der Waals surface area contributed by atoms with Gasteiger partial charge in [-0.25, -0.2) is 0 Å². The monoisotopic (exact) mass is 142 g/mol. The summed E-state index contributed by atoms with van der Waals surface area (Å²) in [6, 6.07) is 0. The van der Waals surface area contributed by atoms with Crippen molar-refractivity contribution in [3.63, 3.8) is 0 Å². The van der Waals surface area contributed by atoms with E-state index in [0.717, 1.165) is 5.82 Å². The Morgan fingerprint density at radius 3 is 2.30 bits per heavy atom. The van der Waals surface area contributed by atoms with Gasteiger partial charge in [-0.1, -0.05) is 6.58 Å². The van der Waals surface area contributed by atoms with Crippen molar-refractivity contribution < 1.29 is 4.74 Å². The maximum absolute atomic E-state index is 4.87. The maximum Gasteiger partial charge on any atom is 0.186 e. The second kappa shape index (κ2) is 3.82. The van der Waals surface area contributed by atoms with Crippen LogP contribution >= 0.6 is 0 Å². The Bertz CT molecular complexity index is 127. The van der Waals surface area contributed by atoms with Crippen molar-refractivity contribution in [3.05, 3.63) is 24.9 Å². The molecule has 0 rings (SSSR count). The van der Waals surface area contributed by atoms with Crippen LogP contribution in [0.1, 0.15) is 0 Å². The molecule has 1 N–H and O–H groups in total. The van der Waals surface area contributed by atoms with Crippen molar-refractivity contribution in [3.8, 4) is 0 Å². The van der Waals surface area contributed by atoms with Gasteiger partial charge in [0.2, 0.25) is 0 Å². The first-order chi connectivity index (χ1) is 4.63. The number of ether oxygens (including phenoxy) is 1. The quantitative estimate of drug-likeness (QED) is 0.585. The molecule has 0 spiro atoms. The van der Waals surface area contributed by atoms with Gasteiger partial charge in [0.1, 0.15) is 5.82 Å². The molecule has 0 aromatic carbocycles. The molecule has 0 fully saturated rings. The fourth-order valence-electron chi connectivity index (χ4n) is 0.455. The van der Waals surface area contributed by atoms with E-state index in [4.69, 9.17) is 4.74 Å². The van der Waals surface area contributed by atoms with Crippen LogP contribution in [0.2, 0.25) is 0 Å². The number of nitrogens with zero attached hydrogens (tertiary/aromatic N) is 1. The van der Waals surface area contributed by atoms with Crippen molar-refractivity contribution in [2.45, 2.75) is 0 Å². The zero-order chi connectivity index (χ0) is 8.15. The summed E-state index contributed by atoms with van der Waals surface area (Å²) < 4.78 is 4.87. The molecule has 0 saturated carbocycles. The molecule has 0 aromatic heterocycles. The van der Waals surface area contributed by atoms with E-state index in [1.807, 2.05) is 7.05 Å². The van der Waals surface area contributed by atoms with Crippen molar-refractivity contribution >= 4 is 0 Å². The second-order valence-corrected chi connectivity index (χ2v) is 1.85. The fourth-order valence-corrected chi connectivity index (χ4v) is 0.455. The highest BCUT2D eigenvalue weighted by atomic mass is 16.5. The zero-order valence-corrected chi connectivity index (χ0v) is 6.77. The SMILES string of the molecule is C=C(NC)N(C)C(=C)OC. The van der Waals surface area contributed by atoms with Crippen LogP contribution < -0.4 is 5.32 Å². The molecule has 0 atom stereocenters. The highest BCUT2D eigenvalue weighted by molar-refractivity contribution is 4.97. The zero-order valence-electron chi connectivity index (χ0n) is 6.77. The topological polar surface area (TPSA) is 24.5 Å². The third kappa shape index (κ3) is 2.01. The summed E-state index contributed by atoms with van der Waals surface area (Å²) in [4.78, 5) is 1.72.